The van der Waals surface area contributed by atoms with E-state index in [1.54, 1.807) is 0 Å². The van der Waals surface area contributed by atoms with Crippen LogP contribution in [0, 0.1) is 5.82 Å². The highest BCUT2D eigenvalue weighted by atomic mass is 19.1. The standard InChI is InChI=1S/C14H16FN3O3/c15-10-4-3-9(16)8-11(10)17-12(19)2-1-7-18-13(20)5-6-14(18)21/h3-4,8H,1-2,5-7,16H2,(H,17,19). The van der Waals surface area contributed by atoms with E-state index in [1.807, 2.05) is 0 Å². The van der Waals surface area contributed by atoms with Crippen LogP contribution in [-0.2, 0) is 14.4 Å². The summed E-state index contributed by atoms with van der Waals surface area (Å²) in [4.78, 5) is 35.6. The van der Waals surface area contributed by atoms with Crippen molar-refractivity contribution in [2.75, 3.05) is 17.6 Å². The zero-order chi connectivity index (χ0) is 15.4. The van der Waals surface area contributed by atoms with Gasteiger partial charge in [0.05, 0.1) is 5.69 Å². The summed E-state index contributed by atoms with van der Waals surface area (Å²) >= 11 is 0. The Balaban J connectivity index is 1.81. The lowest BCUT2D eigenvalue weighted by atomic mass is 10.2. The van der Waals surface area contributed by atoms with Crippen molar-refractivity contribution in [1.82, 2.24) is 4.90 Å². The third-order valence-electron chi connectivity index (χ3n) is 3.20. The Kier molecular flexibility index (Phi) is 4.52. The predicted molar refractivity (Wildman–Crippen MR) is 74.6 cm³/mol. The summed E-state index contributed by atoms with van der Waals surface area (Å²) in [5.41, 5.74) is 5.89. The van der Waals surface area contributed by atoms with E-state index in [-0.39, 0.29) is 43.3 Å². The first-order chi connectivity index (χ1) is 9.97. The van der Waals surface area contributed by atoms with Gasteiger partial charge in [0.15, 0.2) is 0 Å². The Hall–Kier alpha value is -2.44. The van der Waals surface area contributed by atoms with Gasteiger partial charge in [-0.05, 0) is 24.6 Å². The number of amides is 3. The number of nitrogens with one attached hydrogen (secondary N) is 1. The number of rotatable bonds is 5. The first-order valence-corrected chi connectivity index (χ1v) is 6.65. The van der Waals surface area contributed by atoms with Crippen LogP contribution in [0.1, 0.15) is 25.7 Å². The molecule has 1 fully saturated rings. The smallest absolute Gasteiger partial charge is 0.229 e. The zero-order valence-corrected chi connectivity index (χ0v) is 11.4. The molecule has 0 atom stereocenters. The number of halogens is 1. The minimum absolute atomic E-state index is 0.0216. The van der Waals surface area contributed by atoms with Crippen LogP contribution in [0.15, 0.2) is 18.2 Å². The topological polar surface area (TPSA) is 92.5 Å². The second-order valence-electron chi connectivity index (χ2n) is 4.83. The van der Waals surface area contributed by atoms with Crippen LogP contribution in [0.2, 0.25) is 0 Å². The Morgan fingerprint density at radius 2 is 1.95 bits per heavy atom. The molecule has 0 spiro atoms. The second-order valence-corrected chi connectivity index (χ2v) is 4.83. The van der Waals surface area contributed by atoms with E-state index in [0.717, 1.165) is 4.90 Å². The fourth-order valence-electron chi connectivity index (χ4n) is 2.12. The summed E-state index contributed by atoms with van der Waals surface area (Å²) in [5.74, 6) is -1.37. The van der Waals surface area contributed by atoms with E-state index < -0.39 is 11.7 Å². The van der Waals surface area contributed by atoms with Gasteiger partial charge in [0.2, 0.25) is 17.7 Å². The Bertz CT molecular complexity index is 573. The average molecular weight is 293 g/mol. The molecule has 1 heterocycles. The first kappa shape index (κ1) is 15.0. The van der Waals surface area contributed by atoms with Crippen LogP contribution in [-0.4, -0.2) is 29.2 Å². The predicted octanol–water partition coefficient (Wildman–Crippen LogP) is 1.28. The maximum absolute atomic E-state index is 13.4. The molecule has 1 aliphatic rings. The summed E-state index contributed by atoms with van der Waals surface area (Å²) < 4.78 is 13.4. The molecule has 0 radical (unpaired) electrons. The minimum Gasteiger partial charge on any atom is -0.399 e. The monoisotopic (exact) mass is 293 g/mol. The van der Waals surface area contributed by atoms with Crippen LogP contribution in [0.3, 0.4) is 0 Å². The molecular weight excluding hydrogens is 277 g/mol. The Morgan fingerprint density at radius 3 is 2.62 bits per heavy atom. The molecule has 21 heavy (non-hydrogen) atoms. The van der Waals surface area contributed by atoms with Crippen molar-refractivity contribution in [1.29, 1.82) is 0 Å². The fraction of sp³-hybridized carbons (Fsp3) is 0.357. The highest BCUT2D eigenvalue weighted by Gasteiger charge is 2.28. The lowest BCUT2D eigenvalue weighted by Crippen LogP contribution is -2.30. The highest BCUT2D eigenvalue weighted by Crippen LogP contribution is 2.18. The normalized spacial score (nSPS) is 14.6. The number of anilines is 2. The maximum atomic E-state index is 13.4. The molecule has 112 valence electrons. The van der Waals surface area contributed by atoms with E-state index in [0.29, 0.717) is 12.1 Å². The molecule has 1 aromatic rings. The number of likely N-dealkylation sites (tertiary alicyclic amines) is 1. The SMILES string of the molecule is Nc1ccc(F)c(NC(=O)CCCN2C(=O)CCC2=O)c1. The minimum atomic E-state index is -0.567. The van der Waals surface area contributed by atoms with E-state index in [4.69, 9.17) is 5.73 Å². The van der Waals surface area contributed by atoms with E-state index in [2.05, 4.69) is 5.32 Å². The van der Waals surface area contributed by atoms with Crippen LogP contribution in [0.4, 0.5) is 15.8 Å². The molecule has 1 saturated heterocycles. The molecule has 0 unspecified atom stereocenters. The van der Waals surface area contributed by atoms with Gasteiger partial charge < -0.3 is 11.1 Å². The number of imide groups is 1. The number of nitrogens with two attached hydrogens (primary N) is 1. The second kappa shape index (κ2) is 6.34. The lowest BCUT2D eigenvalue weighted by Gasteiger charge is -2.13. The molecule has 0 aliphatic carbocycles. The average Bonchev–Trinajstić information content (AvgIpc) is 2.74. The van der Waals surface area contributed by atoms with Gasteiger partial charge in [-0.3, -0.25) is 19.3 Å². The number of nitrogen functional groups attached to an aromatic ring is 1. The third-order valence-corrected chi connectivity index (χ3v) is 3.20. The van der Waals surface area contributed by atoms with Crippen molar-refractivity contribution >= 4 is 29.1 Å². The largest absolute Gasteiger partial charge is 0.399 e. The fourth-order valence-corrected chi connectivity index (χ4v) is 2.12. The van der Waals surface area contributed by atoms with Gasteiger partial charge in [0, 0.05) is 31.5 Å². The van der Waals surface area contributed by atoms with Gasteiger partial charge in [-0.25, -0.2) is 4.39 Å². The summed E-state index contributed by atoms with van der Waals surface area (Å²) in [6, 6.07) is 3.91. The van der Waals surface area contributed by atoms with Gasteiger partial charge in [-0.15, -0.1) is 0 Å². The summed E-state index contributed by atoms with van der Waals surface area (Å²) in [5, 5.41) is 2.42. The quantitative estimate of drug-likeness (QED) is 0.631. The van der Waals surface area contributed by atoms with Crippen molar-refractivity contribution < 1.29 is 18.8 Å². The molecule has 0 aromatic heterocycles. The summed E-state index contributed by atoms with van der Waals surface area (Å²) in [7, 11) is 0. The van der Waals surface area contributed by atoms with Crippen LogP contribution in [0.5, 0.6) is 0 Å². The van der Waals surface area contributed by atoms with Crippen molar-refractivity contribution in [3.63, 3.8) is 0 Å². The van der Waals surface area contributed by atoms with Crippen LogP contribution in [0.25, 0.3) is 0 Å². The van der Waals surface area contributed by atoms with Crippen molar-refractivity contribution in [2.24, 2.45) is 0 Å². The van der Waals surface area contributed by atoms with Gasteiger partial charge in [-0.1, -0.05) is 0 Å². The summed E-state index contributed by atoms with van der Waals surface area (Å²) in [6.45, 7) is 0.213. The van der Waals surface area contributed by atoms with Crippen molar-refractivity contribution in [2.45, 2.75) is 25.7 Å². The Morgan fingerprint density at radius 1 is 1.29 bits per heavy atom. The molecule has 1 aromatic carbocycles. The van der Waals surface area contributed by atoms with E-state index >= 15 is 0 Å². The number of benzene rings is 1. The number of carbonyl (C=O) groups excluding carboxylic acids is 3. The molecular formula is C14H16FN3O3. The number of hydrogen-bond acceptors (Lipinski definition) is 4. The van der Waals surface area contributed by atoms with Gasteiger partial charge in [0.1, 0.15) is 5.82 Å². The third kappa shape index (κ3) is 3.77. The van der Waals surface area contributed by atoms with Crippen molar-refractivity contribution in [3.05, 3.63) is 24.0 Å². The number of hydrogen-bond donors (Lipinski definition) is 2. The Labute approximate surface area is 121 Å². The number of nitrogens with zero attached hydrogens (tertiary/aromatic N) is 1. The molecule has 0 bridgehead atoms. The molecule has 3 amide bonds. The lowest BCUT2D eigenvalue weighted by molar-refractivity contribution is -0.138. The molecule has 7 heteroatoms. The number of carbonyl (C=O) groups is 3. The molecule has 6 nitrogen and oxygen atoms in total. The van der Waals surface area contributed by atoms with E-state index in [9.17, 15) is 18.8 Å². The first-order valence-electron chi connectivity index (χ1n) is 6.65. The van der Waals surface area contributed by atoms with Gasteiger partial charge in [-0.2, -0.15) is 0 Å². The highest BCUT2D eigenvalue weighted by molar-refractivity contribution is 6.02. The van der Waals surface area contributed by atoms with Gasteiger partial charge in [0.25, 0.3) is 0 Å². The molecule has 0 saturated carbocycles. The molecule has 1 aliphatic heterocycles. The van der Waals surface area contributed by atoms with Crippen molar-refractivity contribution in [3.8, 4) is 0 Å². The van der Waals surface area contributed by atoms with E-state index in [1.165, 1.54) is 18.2 Å². The molecule has 3 N–H and O–H groups in total. The maximum Gasteiger partial charge on any atom is 0.229 e. The van der Waals surface area contributed by atoms with Gasteiger partial charge >= 0.3 is 0 Å². The molecule has 2 rings (SSSR count). The van der Waals surface area contributed by atoms with Crippen LogP contribution >= 0.6 is 0 Å². The van der Waals surface area contributed by atoms with Crippen LogP contribution < -0.4 is 11.1 Å². The zero-order valence-electron chi connectivity index (χ0n) is 11.4. The summed E-state index contributed by atoms with van der Waals surface area (Å²) in [6.07, 6.45) is 0.900.